The fraction of sp³-hybridized carbons (Fsp3) is 0.235. The van der Waals surface area contributed by atoms with Crippen molar-refractivity contribution in [2.24, 2.45) is 0 Å². The van der Waals surface area contributed by atoms with Gasteiger partial charge in [-0.05, 0) is 48.2 Å². The van der Waals surface area contributed by atoms with Gasteiger partial charge in [0.1, 0.15) is 11.6 Å². The lowest BCUT2D eigenvalue weighted by atomic mass is 10.1. The molecule has 2 aromatic rings. The summed E-state index contributed by atoms with van der Waals surface area (Å²) in [6.07, 6.45) is 1.20. The van der Waals surface area contributed by atoms with Crippen molar-refractivity contribution in [2.75, 3.05) is 19.4 Å². The second-order valence-electron chi connectivity index (χ2n) is 4.84. The summed E-state index contributed by atoms with van der Waals surface area (Å²) in [7, 11) is 0. The molecule has 0 aliphatic carbocycles. The predicted octanol–water partition coefficient (Wildman–Crippen LogP) is 2.78. The minimum atomic E-state index is -0.777. The van der Waals surface area contributed by atoms with Gasteiger partial charge in [-0.15, -0.1) is 11.8 Å². The monoisotopic (exact) mass is 335 g/mol. The smallest absolute Gasteiger partial charge is 0.258 e. The molecular formula is C17H18FNO3S. The molecule has 0 fully saturated rings. The zero-order valence-corrected chi connectivity index (χ0v) is 13.5. The van der Waals surface area contributed by atoms with Gasteiger partial charge in [0.2, 0.25) is 0 Å². The number of aliphatic hydroxyl groups is 1. The van der Waals surface area contributed by atoms with E-state index in [4.69, 9.17) is 4.74 Å². The Balaban J connectivity index is 1.75. The topological polar surface area (TPSA) is 58.6 Å². The number of ether oxygens (including phenoxy) is 1. The fourth-order valence-corrected chi connectivity index (χ4v) is 2.29. The zero-order valence-electron chi connectivity index (χ0n) is 12.7. The third-order valence-corrected chi connectivity index (χ3v) is 3.92. The number of hydrogen-bond acceptors (Lipinski definition) is 4. The van der Waals surface area contributed by atoms with Crippen LogP contribution in [0.3, 0.4) is 0 Å². The SMILES string of the molecule is CSc1ccc(C(O)CNC(=O)COc2ccc(F)cc2)cc1. The van der Waals surface area contributed by atoms with E-state index in [9.17, 15) is 14.3 Å². The maximum absolute atomic E-state index is 12.7. The van der Waals surface area contributed by atoms with Gasteiger partial charge in [-0.25, -0.2) is 4.39 Å². The van der Waals surface area contributed by atoms with Gasteiger partial charge in [-0.2, -0.15) is 0 Å². The quantitative estimate of drug-likeness (QED) is 0.764. The van der Waals surface area contributed by atoms with Crippen LogP contribution in [-0.2, 0) is 4.79 Å². The van der Waals surface area contributed by atoms with E-state index in [0.29, 0.717) is 5.75 Å². The molecule has 0 bridgehead atoms. The maximum Gasteiger partial charge on any atom is 0.258 e. The van der Waals surface area contributed by atoms with E-state index in [1.165, 1.54) is 24.3 Å². The lowest BCUT2D eigenvalue weighted by Gasteiger charge is -2.13. The third kappa shape index (κ3) is 5.58. The van der Waals surface area contributed by atoms with Crippen LogP contribution in [0.4, 0.5) is 4.39 Å². The number of hydrogen-bond donors (Lipinski definition) is 2. The molecule has 2 aromatic carbocycles. The fourth-order valence-electron chi connectivity index (χ4n) is 1.89. The van der Waals surface area contributed by atoms with Crippen LogP contribution < -0.4 is 10.1 Å². The number of thioether (sulfide) groups is 1. The number of carbonyl (C=O) groups excluding carboxylic acids is 1. The Labute approximate surface area is 138 Å². The van der Waals surface area contributed by atoms with E-state index < -0.39 is 6.10 Å². The van der Waals surface area contributed by atoms with Crippen LogP contribution in [0.2, 0.25) is 0 Å². The molecule has 2 N–H and O–H groups in total. The van der Waals surface area contributed by atoms with Crippen molar-refractivity contribution in [1.29, 1.82) is 0 Å². The van der Waals surface area contributed by atoms with Crippen molar-refractivity contribution < 1.29 is 19.0 Å². The first-order valence-electron chi connectivity index (χ1n) is 7.05. The number of aliphatic hydroxyl groups excluding tert-OH is 1. The molecule has 0 saturated carbocycles. The zero-order chi connectivity index (χ0) is 16.7. The number of nitrogens with one attached hydrogen (secondary N) is 1. The molecule has 0 spiro atoms. The van der Waals surface area contributed by atoms with Gasteiger partial charge in [0.05, 0.1) is 6.10 Å². The van der Waals surface area contributed by atoms with Crippen molar-refractivity contribution in [1.82, 2.24) is 5.32 Å². The van der Waals surface area contributed by atoms with Crippen LogP contribution in [0.25, 0.3) is 0 Å². The molecule has 1 unspecified atom stereocenters. The number of amides is 1. The van der Waals surface area contributed by atoms with Crippen molar-refractivity contribution >= 4 is 17.7 Å². The second-order valence-corrected chi connectivity index (χ2v) is 5.72. The molecule has 6 heteroatoms. The Morgan fingerprint density at radius 2 is 1.87 bits per heavy atom. The predicted molar refractivity (Wildman–Crippen MR) is 88.1 cm³/mol. The first-order chi connectivity index (χ1) is 11.1. The van der Waals surface area contributed by atoms with Crippen molar-refractivity contribution in [2.45, 2.75) is 11.0 Å². The van der Waals surface area contributed by atoms with Gasteiger partial charge in [0.25, 0.3) is 5.91 Å². The highest BCUT2D eigenvalue weighted by Gasteiger charge is 2.10. The molecule has 4 nitrogen and oxygen atoms in total. The summed E-state index contributed by atoms with van der Waals surface area (Å²) in [6, 6.07) is 12.9. The summed E-state index contributed by atoms with van der Waals surface area (Å²) in [4.78, 5) is 12.8. The first-order valence-corrected chi connectivity index (χ1v) is 8.28. The van der Waals surface area contributed by atoms with E-state index >= 15 is 0 Å². The molecule has 0 aromatic heterocycles. The summed E-state index contributed by atoms with van der Waals surface area (Å²) >= 11 is 1.62. The molecule has 0 aliphatic rings. The average Bonchev–Trinajstić information content (AvgIpc) is 2.59. The number of rotatable bonds is 7. The highest BCUT2D eigenvalue weighted by atomic mass is 32.2. The van der Waals surface area contributed by atoms with Crippen LogP contribution in [0, 0.1) is 5.82 Å². The highest BCUT2D eigenvalue weighted by molar-refractivity contribution is 7.98. The van der Waals surface area contributed by atoms with E-state index in [1.54, 1.807) is 11.8 Å². The minimum Gasteiger partial charge on any atom is -0.484 e. The Bertz CT molecular complexity index is 631. The molecule has 23 heavy (non-hydrogen) atoms. The summed E-state index contributed by atoms with van der Waals surface area (Å²) in [6.45, 7) is -0.0893. The van der Waals surface area contributed by atoms with Gasteiger partial charge in [0.15, 0.2) is 6.61 Å². The van der Waals surface area contributed by atoms with Crippen molar-refractivity contribution in [3.05, 3.63) is 59.9 Å². The Kier molecular flexibility index (Phi) is 6.43. The third-order valence-electron chi connectivity index (χ3n) is 3.18. The minimum absolute atomic E-state index is 0.101. The molecule has 122 valence electrons. The first kappa shape index (κ1) is 17.3. The molecule has 1 amide bonds. The van der Waals surface area contributed by atoms with Crippen LogP contribution in [0.5, 0.6) is 5.75 Å². The molecule has 2 rings (SSSR count). The van der Waals surface area contributed by atoms with Gasteiger partial charge in [-0.3, -0.25) is 4.79 Å². The number of benzene rings is 2. The largest absolute Gasteiger partial charge is 0.484 e. The second kappa shape index (κ2) is 8.55. The summed E-state index contributed by atoms with van der Waals surface area (Å²) < 4.78 is 18.0. The van der Waals surface area contributed by atoms with Gasteiger partial charge >= 0.3 is 0 Å². The summed E-state index contributed by atoms with van der Waals surface area (Å²) in [5.74, 6) is -0.304. The molecule has 0 radical (unpaired) electrons. The van der Waals surface area contributed by atoms with Gasteiger partial charge in [0, 0.05) is 11.4 Å². The normalized spacial score (nSPS) is 11.8. The summed E-state index contributed by atoms with van der Waals surface area (Å²) in [5, 5.41) is 12.6. The van der Waals surface area contributed by atoms with Crippen LogP contribution in [0.1, 0.15) is 11.7 Å². The standard InChI is InChI=1S/C17H18FNO3S/c1-23-15-8-2-12(3-9-15)16(20)10-19-17(21)11-22-14-6-4-13(18)5-7-14/h2-9,16,20H,10-11H2,1H3,(H,19,21). The Hall–Kier alpha value is -2.05. The molecule has 0 saturated heterocycles. The highest BCUT2D eigenvalue weighted by Crippen LogP contribution is 2.18. The van der Waals surface area contributed by atoms with Crippen molar-refractivity contribution in [3.63, 3.8) is 0 Å². The summed E-state index contributed by atoms with van der Waals surface area (Å²) in [5.41, 5.74) is 0.738. The van der Waals surface area contributed by atoms with Crippen LogP contribution in [-0.4, -0.2) is 30.4 Å². The lowest BCUT2D eigenvalue weighted by molar-refractivity contribution is -0.123. The average molecular weight is 335 g/mol. The molecular weight excluding hydrogens is 317 g/mol. The molecule has 1 atom stereocenters. The number of halogens is 1. The van der Waals surface area contributed by atoms with Gasteiger partial charge < -0.3 is 15.2 Å². The van der Waals surface area contributed by atoms with E-state index in [0.717, 1.165) is 10.5 Å². The Morgan fingerprint density at radius 1 is 1.22 bits per heavy atom. The van der Waals surface area contributed by atoms with Crippen molar-refractivity contribution in [3.8, 4) is 5.75 Å². The lowest BCUT2D eigenvalue weighted by Crippen LogP contribution is -2.32. The van der Waals surface area contributed by atoms with Crippen LogP contribution in [0.15, 0.2) is 53.4 Å². The maximum atomic E-state index is 12.7. The van der Waals surface area contributed by atoms with E-state index in [1.807, 2.05) is 30.5 Å². The van der Waals surface area contributed by atoms with Gasteiger partial charge in [-0.1, -0.05) is 12.1 Å². The van der Waals surface area contributed by atoms with E-state index in [-0.39, 0.29) is 24.9 Å². The van der Waals surface area contributed by atoms with Crippen LogP contribution >= 0.6 is 11.8 Å². The molecule has 0 heterocycles. The van der Waals surface area contributed by atoms with E-state index in [2.05, 4.69) is 5.32 Å². The molecule has 0 aliphatic heterocycles. The number of carbonyl (C=O) groups is 1. The Morgan fingerprint density at radius 3 is 2.48 bits per heavy atom.